The Morgan fingerprint density at radius 1 is 1.75 bits per heavy atom. The van der Waals surface area contributed by atoms with Crippen molar-refractivity contribution in [1.29, 1.82) is 0 Å². The Labute approximate surface area is 76.3 Å². The van der Waals surface area contributed by atoms with Gasteiger partial charge in [-0.1, -0.05) is 24.8 Å². The molecule has 0 amide bonds. The maximum absolute atomic E-state index is 10.5. The molecule has 1 atom stereocenters. The molecule has 0 aromatic rings. The lowest BCUT2D eigenvalue weighted by Gasteiger charge is -2.07. The Hall–Kier alpha value is -0.800. The molecule has 0 radical (unpaired) electrons. The number of hydrogen-bond donors (Lipinski definition) is 1. The van der Waals surface area contributed by atoms with E-state index < -0.39 is 12.1 Å². The summed E-state index contributed by atoms with van der Waals surface area (Å²) >= 11 is 5.37. The molecule has 0 heterocycles. The fraction of sp³-hybridized carbons (Fsp3) is 0.375. The van der Waals surface area contributed by atoms with E-state index in [1.54, 1.807) is 0 Å². The van der Waals surface area contributed by atoms with E-state index in [1.165, 1.54) is 0 Å². The quantitative estimate of drug-likeness (QED) is 0.524. The highest BCUT2D eigenvalue weighted by Crippen LogP contribution is 2.07. The van der Waals surface area contributed by atoms with Crippen molar-refractivity contribution in [1.82, 2.24) is 0 Å². The van der Waals surface area contributed by atoms with E-state index in [0.717, 1.165) is 6.08 Å². The molecule has 0 saturated carbocycles. The molecule has 68 valence electrons. The lowest BCUT2D eigenvalue weighted by atomic mass is 10.2. The number of rotatable bonds is 5. The van der Waals surface area contributed by atoms with Crippen LogP contribution in [0.5, 0.6) is 0 Å². The maximum Gasteiger partial charge on any atom is 0.330 e. The molecule has 0 aliphatic rings. The van der Waals surface area contributed by atoms with Gasteiger partial charge in [-0.25, -0.2) is 4.79 Å². The summed E-state index contributed by atoms with van der Waals surface area (Å²) in [7, 11) is 0. The summed E-state index contributed by atoms with van der Waals surface area (Å²) in [5.74, 6) is -0.512. The molecule has 0 aromatic carbocycles. The summed E-state index contributed by atoms with van der Waals surface area (Å²) in [5.41, 5.74) is 0. The molecule has 0 spiro atoms. The monoisotopic (exact) mass is 190 g/mol. The highest BCUT2D eigenvalue weighted by molar-refractivity contribution is 6.29. The normalized spacial score (nSPS) is 11.8. The molecule has 1 unspecified atom stereocenters. The van der Waals surface area contributed by atoms with Crippen LogP contribution in [-0.2, 0) is 9.53 Å². The Bertz CT molecular complexity index is 189. The van der Waals surface area contributed by atoms with Crippen LogP contribution in [-0.4, -0.2) is 23.8 Å². The number of hydrogen-bond acceptors (Lipinski definition) is 3. The number of aliphatic hydroxyl groups excluding tert-OH is 1. The average Bonchev–Trinajstić information content (AvgIpc) is 2.03. The Morgan fingerprint density at radius 3 is 2.75 bits per heavy atom. The van der Waals surface area contributed by atoms with Crippen LogP contribution in [0.25, 0.3) is 0 Å². The first-order valence-corrected chi connectivity index (χ1v) is 3.77. The van der Waals surface area contributed by atoms with Gasteiger partial charge in [0.1, 0.15) is 0 Å². The molecule has 0 rings (SSSR count). The maximum atomic E-state index is 10.5. The van der Waals surface area contributed by atoms with E-state index in [1.807, 2.05) is 0 Å². The second-order valence-corrected chi connectivity index (χ2v) is 2.61. The Balaban J connectivity index is 3.49. The van der Waals surface area contributed by atoms with Gasteiger partial charge in [-0.15, -0.1) is 0 Å². The molecular weight excluding hydrogens is 180 g/mol. The summed E-state index contributed by atoms with van der Waals surface area (Å²) in [6.07, 6.45) is 0.480. The van der Waals surface area contributed by atoms with Gasteiger partial charge >= 0.3 is 5.97 Å². The van der Waals surface area contributed by atoms with E-state index in [-0.39, 0.29) is 18.1 Å². The summed E-state index contributed by atoms with van der Waals surface area (Å²) in [6, 6.07) is 0. The SMILES string of the molecule is C=CC(=O)OCCC(O)C(=C)Cl. The molecule has 1 N–H and O–H groups in total. The predicted molar refractivity (Wildman–Crippen MR) is 46.8 cm³/mol. The van der Waals surface area contributed by atoms with Gasteiger partial charge in [0.25, 0.3) is 0 Å². The fourth-order valence-electron chi connectivity index (χ4n) is 0.487. The number of carbonyl (C=O) groups excluding carboxylic acids is 1. The third-order valence-electron chi connectivity index (χ3n) is 1.16. The van der Waals surface area contributed by atoms with Gasteiger partial charge in [-0.2, -0.15) is 0 Å². The largest absolute Gasteiger partial charge is 0.462 e. The second kappa shape index (κ2) is 5.80. The zero-order valence-corrected chi connectivity index (χ0v) is 7.38. The van der Waals surface area contributed by atoms with E-state index in [2.05, 4.69) is 17.9 Å². The second-order valence-electron chi connectivity index (χ2n) is 2.12. The molecule has 0 bridgehead atoms. The lowest BCUT2D eigenvalue weighted by Crippen LogP contribution is -2.12. The van der Waals surface area contributed by atoms with Gasteiger partial charge in [0.15, 0.2) is 0 Å². The van der Waals surface area contributed by atoms with Crippen LogP contribution in [0.15, 0.2) is 24.3 Å². The average molecular weight is 191 g/mol. The highest BCUT2D eigenvalue weighted by atomic mass is 35.5. The zero-order chi connectivity index (χ0) is 9.56. The highest BCUT2D eigenvalue weighted by Gasteiger charge is 2.06. The van der Waals surface area contributed by atoms with Crippen LogP contribution in [0.4, 0.5) is 0 Å². The third-order valence-corrected chi connectivity index (χ3v) is 1.42. The topological polar surface area (TPSA) is 46.5 Å². The van der Waals surface area contributed by atoms with E-state index in [4.69, 9.17) is 16.7 Å². The van der Waals surface area contributed by atoms with Crippen LogP contribution in [0.1, 0.15) is 6.42 Å². The van der Waals surface area contributed by atoms with E-state index >= 15 is 0 Å². The first-order chi connectivity index (χ1) is 5.57. The molecule has 4 heteroatoms. The van der Waals surface area contributed by atoms with E-state index in [9.17, 15) is 4.79 Å². The van der Waals surface area contributed by atoms with Gasteiger partial charge in [0.2, 0.25) is 0 Å². The molecule has 0 fully saturated rings. The zero-order valence-electron chi connectivity index (χ0n) is 6.62. The summed E-state index contributed by atoms with van der Waals surface area (Å²) in [4.78, 5) is 10.5. The van der Waals surface area contributed by atoms with Crippen LogP contribution < -0.4 is 0 Å². The molecular formula is C8H11ClO3. The van der Waals surface area contributed by atoms with Crippen molar-refractivity contribution in [2.24, 2.45) is 0 Å². The first-order valence-electron chi connectivity index (χ1n) is 3.39. The van der Waals surface area contributed by atoms with Crippen molar-refractivity contribution in [3.05, 3.63) is 24.3 Å². The minimum absolute atomic E-state index is 0.109. The van der Waals surface area contributed by atoms with Crippen LogP contribution in [0, 0.1) is 0 Å². The van der Waals surface area contributed by atoms with Crippen molar-refractivity contribution in [3.8, 4) is 0 Å². The number of carbonyl (C=O) groups is 1. The Kier molecular flexibility index (Phi) is 5.41. The van der Waals surface area contributed by atoms with Gasteiger partial charge in [0, 0.05) is 17.5 Å². The number of ether oxygens (including phenoxy) is 1. The fourth-order valence-corrected chi connectivity index (χ4v) is 0.596. The van der Waals surface area contributed by atoms with Crippen LogP contribution in [0.2, 0.25) is 0 Å². The van der Waals surface area contributed by atoms with Crippen molar-refractivity contribution in [2.75, 3.05) is 6.61 Å². The third kappa shape index (κ3) is 4.93. The van der Waals surface area contributed by atoms with Gasteiger partial charge in [-0.05, 0) is 0 Å². The number of esters is 1. The van der Waals surface area contributed by atoms with Gasteiger partial charge < -0.3 is 9.84 Å². The molecule has 0 aromatic heterocycles. The molecule has 0 aliphatic carbocycles. The number of halogens is 1. The van der Waals surface area contributed by atoms with E-state index in [0.29, 0.717) is 0 Å². The molecule has 3 nitrogen and oxygen atoms in total. The summed E-state index contributed by atoms with van der Waals surface area (Å²) in [6.45, 7) is 6.65. The van der Waals surface area contributed by atoms with Gasteiger partial charge in [0.05, 0.1) is 12.7 Å². The standard InChI is InChI=1S/C8H11ClO3/c1-3-8(11)12-5-4-7(10)6(2)9/h3,7,10H,1-2,4-5H2. The van der Waals surface area contributed by atoms with Gasteiger partial charge in [-0.3, -0.25) is 0 Å². The molecule has 12 heavy (non-hydrogen) atoms. The van der Waals surface area contributed by atoms with Crippen molar-refractivity contribution >= 4 is 17.6 Å². The van der Waals surface area contributed by atoms with Crippen molar-refractivity contribution < 1.29 is 14.6 Å². The Morgan fingerprint density at radius 2 is 2.33 bits per heavy atom. The van der Waals surface area contributed by atoms with Crippen LogP contribution in [0.3, 0.4) is 0 Å². The molecule has 0 saturated heterocycles. The first kappa shape index (κ1) is 11.2. The summed E-state index contributed by atoms with van der Waals surface area (Å²) in [5, 5.41) is 9.21. The van der Waals surface area contributed by atoms with Crippen LogP contribution >= 0.6 is 11.6 Å². The lowest BCUT2D eigenvalue weighted by molar-refractivity contribution is -0.138. The summed E-state index contributed by atoms with van der Waals surface area (Å²) < 4.78 is 4.60. The molecule has 0 aliphatic heterocycles. The minimum Gasteiger partial charge on any atom is -0.462 e. The smallest absolute Gasteiger partial charge is 0.330 e. The predicted octanol–water partition coefficient (Wildman–Crippen LogP) is 1.22. The van der Waals surface area contributed by atoms with Crippen molar-refractivity contribution in [2.45, 2.75) is 12.5 Å². The number of aliphatic hydroxyl groups is 1. The minimum atomic E-state index is -0.829. The van der Waals surface area contributed by atoms with Crippen molar-refractivity contribution in [3.63, 3.8) is 0 Å².